The minimum Gasteiger partial charge on any atom is -0.480 e. The van der Waals surface area contributed by atoms with Crippen LogP contribution in [0.15, 0.2) is 9.98 Å². The fraction of sp³-hybridized carbons (Fsp3) is 0.760. The Labute approximate surface area is 257 Å². The summed E-state index contributed by atoms with van der Waals surface area (Å²) >= 11 is 0. The van der Waals surface area contributed by atoms with Crippen LogP contribution in [0.2, 0.25) is 0 Å². The lowest BCUT2D eigenvalue weighted by molar-refractivity contribution is -0.139. The van der Waals surface area contributed by atoms with Crippen LogP contribution >= 0.6 is 0 Å². The van der Waals surface area contributed by atoms with Gasteiger partial charge in [0, 0.05) is 24.9 Å². The molecule has 254 valence electrons. The van der Waals surface area contributed by atoms with Gasteiger partial charge in [-0.2, -0.15) is 0 Å². The molecule has 0 amide bonds. The molecule has 0 aromatic rings. The Bertz CT molecular complexity index is 1150. The lowest BCUT2D eigenvalue weighted by Gasteiger charge is -2.36. The van der Waals surface area contributed by atoms with Crippen LogP contribution in [0.4, 0.5) is 0 Å². The van der Waals surface area contributed by atoms with Crippen LogP contribution in [-0.4, -0.2) is 104 Å². The van der Waals surface area contributed by atoms with E-state index in [-0.39, 0.29) is 48.9 Å². The van der Waals surface area contributed by atoms with Gasteiger partial charge in [0.1, 0.15) is 17.9 Å². The molecule has 44 heavy (non-hydrogen) atoms. The Morgan fingerprint density at radius 2 is 1.50 bits per heavy atom. The van der Waals surface area contributed by atoms with Gasteiger partial charge in [0.05, 0.1) is 12.3 Å². The zero-order valence-electron chi connectivity index (χ0n) is 25.5. The molecular formula is C25H49N9O9S. The molecule has 0 aromatic heterocycles. The van der Waals surface area contributed by atoms with Crippen LogP contribution in [0.3, 0.4) is 0 Å². The molecule has 0 aromatic carbocycles. The second-order valence-corrected chi connectivity index (χ2v) is 13.0. The summed E-state index contributed by atoms with van der Waals surface area (Å²) < 4.78 is 27.6. The number of nitrogens with zero attached hydrogens (tertiary/aromatic N) is 2. The van der Waals surface area contributed by atoms with Crippen molar-refractivity contribution in [2.24, 2.45) is 55.4 Å². The summed E-state index contributed by atoms with van der Waals surface area (Å²) in [5.74, 6) is -3.37. The Kier molecular flexibility index (Phi) is 16.8. The first-order valence-electron chi connectivity index (χ1n) is 13.9. The SMILES string of the molecule is CC1(C)C2CCC1(CS(=O)(=O)N[C@@H](CCCN=C(N)N)C(=O)O)C(=O)C2.CNCC(=O)O.NC(N)=NCCC[C@H](N)C(=O)O. The summed E-state index contributed by atoms with van der Waals surface area (Å²) in [4.78, 5) is 51.1. The number of carboxylic acid groups (broad SMARTS) is 3. The highest BCUT2D eigenvalue weighted by molar-refractivity contribution is 7.89. The second kappa shape index (κ2) is 18.3. The van der Waals surface area contributed by atoms with Crippen LogP contribution in [0.1, 0.15) is 58.8 Å². The van der Waals surface area contributed by atoms with Crippen molar-refractivity contribution in [3.05, 3.63) is 0 Å². The molecule has 2 aliphatic rings. The van der Waals surface area contributed by atoms with Crippen molar-refractivity contribution in [1.82, 2.24) is 10.0 Å². The molecule has 0 spiro atoms. The lowest BCUT2D eigenvalue weighted by Crippen LogP contribution is -2.49. The summed E-state index contributed by atoms with van der Waals surface area (Å²) in [6, 6.07) is -2.10. The number of ketones is 1. The van der Waals surface area contributed by atoms with Gasteiger partial charge in [-0.05, 0) is 56.9 Å². The van der Waals surface area contributed by atoms with Crippen molar-refractivity contribution in [1.29, 1.82) is 0 Å². The predicted octanol–water partition coefficient (Wildman–Crippen LogP) is -2.45. The zero-order valence-corrected chi connectivity index (χ0v) is 26.3. The highest BCUT2D eigenvalue weighted by Crippen LogP contribution is 2.64. The largest absolute Gasteiger partial charge is 0.480 e. The molecule has 2 bridgehead atoms. The number of Topliss-reactive ketones (excluding diaryl/α,β-unsaturated/α-hetero) is 1. The number of likely N-dealkylation sites (N-methyl/N-ethyl adjacent to an activating group) is 1. The van der Waals surface area contributed by atoms with Crippen LogP contribution in [0, 0.1) is 16.7 Å². The number of carbonyl (C=O) groups excluding carboxylic acids is 1. The van der Waals surface area contributed by atoms with E-state index in [1.807, 2.05) is 13.8 Å². The van der Waals surface area contributed by atoms with Crippen molar-refractivity contribution in [2.75, 3.05) is 32.4 Å². The number of sulfonamides is 1. The fourth-order valence-corrected chi connectivity index (χ4v) is 7.28. The number of hydrogen-bond donors (Lipinski definition) is 10. The van der Waals surface area contributed by atoms with Crippen LogP contribution in [-0.2, 0) is 29.2 Å². The summed E-state index contributed by atoms with van der Waals surface area (Å²) in [7, 11) is -2.36. The van der Waals surface area contributed by atoms with E-state index in [2.05, 4.69) is 20.0 Å². The number of carbonyl (C=O) groups is 4. The van der Waals surface area contributed by atoms with E-state index in [0.29, 0.717) is 38.6 Å². The first kappa shape index (κ1) is 40.4. The molecule has 0 saturated heterocycles. The molecule has 0 radical (unpaired) electrons. The molecule has 0 heterocycles. The number of rotatable bonds is 16. The summed E-state index contributed by atoms with van der Waals surface area (Å²) in [5.41, 5.74) is 24.4. The normalized spacial score (nSPS) is 21.0. The molecule has 18 nitrogen and oxygen atoms in total. The van der Waals surface area contributed by atoms with E-state index in [4.69, 9.17) is 38.9 Å². The van der Waals surface area contributed by atoms with Gasteiger partial charge < -0.3 is 49.3 Å². The van der Waals surface area contributed by atoms with Gasteiger partial charge in [-0.3, -0.25) is 29.2 Å². The average Bonchev–Trinajstić information content (AvgIpc) is 3.22. The third-order valence-corrected chi connectivity index (χ3v) is 9.27. The molecule has 15 N–H and O–H groups in total. The van der Waals surface area contributed by atoms with Gasteiger partial charge in [-0.25, -0.2) is 13.1 Å². The monoisotopic (exact) mass is 651 g/mol. The van der Waals surface area contributed by atoms with Gasteiger partial charge in [-0.15, -0.1) is 0 Å². The van der Waals surface area contributed by atoms with Crippen LogP contribution < -0.4 is 38.7 Å². The number of fused-ring (bicyclic) bond motifs is 2. The average molecular weight is 652 g/mol. The van der Waals surface area contributed by atoms with Crippen molar-refractivity contribution in [3.8, 4) is 0 Å². The van der Waals surface area contributed by atoms with Crippen LogP contribution in [0.5, 0.6) is 0 Å². The third-order valence-electron chi connectivity index (χ3n) is 7.75. The highest BCUT2D eigenvalue weighted by Gasteiger charge is 2.65. The smallest absolute Gasteiger partial charge is 0.321 e. The van der Waals surface area contributed by atoms with Crippen molar-refractivity contribution in [2.45, 2.75) is 70.9 Å². The Hall–Kier alpha value is -3.55. The Morgan fingerprint density at radius 3 is 1.84 bits per heavy atom. The maximum Gasteiger partial charge on any atom is 0.321 e. The van der Waals surface area contributed by atoms with Gasteiger partial charge >= 0.3 is 17.9 Å². The molecule has 2 rings (SSSR count). The van der Waals surface area contributed by atoms with Gasteiger partial charge in [0.25, 0.3) is 0 Å². The van der Waals surface area contributed by atoms with Crippen molar-refractivity contribution < 1.29 is 42.9 Å². The molecule has 0 aliphatic heterocycles. The van der Waals surface area contributed by atoms with E-state index < -0.39 is 50.8 Å². The Balaban J connectivity index is 0.000000849. The third kappa shape index (κ3) is 13.4. The lowest BCUT2D eigenvalue weighted by atomic mass is 9.70. The second-order valence-electron chi connectivity index (χ2n) is 11.2. The number of aliphatic imine (C=N–C) groups is 2. The zero-order chi connectivity index (χ0) is 34.3. The number of guanidine groups is 2. The van der Waals surface area contributed by atoms with Gasteiger partial charge in [0.15, 0.2) is 11.9 Å². The maximum absolute atomic E-state index is 12.7. The number of nitrogens with one attached hydrogen (secondary N) is 2. The molecule has 4 atom stereocenters. The van der Waals surface area contributed by atoms with Gasteiger partial charge in [-0.1, -0.05) is 13.8 Å². The molecule has 2 unspecified atom stereocenters. The Morgan fingerprint density at radius 1 is 0.977 bits per heavy atom. The topological polar surface area (TPSA) is 342 Å². The first-order chi connectivity index (χ1) is 20.2. The maximum atomic E-state index is 12.7. The molecule has 19 heteroatoms. The number of aliphatic carboxylic acids is 3. The number of carboxylic acids is 3. The standard InChI is InChI=1S/C16H28N4O5S.C6H14N4O2.C3H7NO2/c1-15(2)10-5-6-16(15,12(21)8-10)9-26(24,25)20-11(13(22)23)4-3-7-19-14(17)18;7-4(5(11)12)2-1-3-10-6(8)9;1-4-2-3(5)6/h10-11,20H,3-9H2,1-2H3,(H,22,23)(H4,17,18,19);4H,1-3,7H2,(H,11,12)(H4,8,9,10);4H,2H2,1H3,(H,5,6)/t10?,11-,16?;4-;/m00./s1. The van der Waals surface area contributed by atoms with E-state index in [0.717, 1.165) is 6.42 Å². The molecule has 2 aliphatic carbocycles. The van der Waals surface area contributed by atoms with E-state index in [9.17, 15) is 32.7 Å². The highest BCUT2D eigenvalue weighted by atomic mass is 32.2. The van der Waals surface area contributed by atoms with E-state index in [1.54, 1.807) is 7.05 Å². The minimum absolute atomic E-state index is 0.0129. The van der Waals surface area contributed by atoms with Crippen molar-refractivity contribution >= 4 is 45.6 Å². The summed E-state index contributed by atoms with van der Waals surface area (Å²) in [6.45, 7) is 4.55. The first-order valence-corrected chi connectivity index (χ1v) is 15.6. The van der Waals surface area contributed by atoms with E-state index >= 15 is 0 Å². The molecule has 2 saturated carbocycles. The van der Waals surface area contributed by atoms with E-state index in [1.165, 1.54) is 0 Å². The van der Waals surface area contributed by atoms with Gasteiger partial charge in [0.2, 0.25) is 10.0 Å². The summed E-state index contributed by atoms with van der Waals surface area (Å²) in [6.07, 6.45) is 3.09. The predicted molar refractivity (Wildman–Crippen MR) is 164 cm³/mol. The number of hydrogen-bond acceptors (Lipinski definition) is 10. The fourth-order valence-electron chi connectivity index (χ4n) is 5.22. The van der Waals surface area contributed by atoms with Crippen LogP contribution in [0.25, 0.3) is 0 Å². The quantitative estimate of drug-likeness (QED) is 0.0470. The van der Waals surface area contributed by atoms with Crippen molar-refractivity contribution in [3.63, 3.8) is 0 Å². The molecular weight excluding hydrogens is 602 g/mol. The summed E-state index contributed by atoms with van der Waals surface area (Å²) in [5, 5.41) is 28.0. The minimum atomic E-state index is -3.95. The molecule has 2 fully saturated rings. The number of nitrogens with two attached hydrogens (primary N) is 5.